The molecule has 0 saturated heterocycles. The van der Waals surface area contributed by atoms with Crippen LogP contribution in [0.3, 0.4) is 0 Å². The average molecular weight is 441 g/mol. The van der Waals surface area contributed by atoms with Crippen LogP contribution in [0, 0.1) is 6.92 Å². The second-order valence-corrected chi connectivity index (χ2v) is 8.40. The number of nitrogens with zero attached hydrogens (tertiary/aromatic N) is 4. The van der Waals surface area contributed by atoms with Gasteiger partial charge in [0.05, 0.1) is 12.2 Å². The maximum absolute atomic E-state index is 13.5. The Balaban J connectivity index is 1.43. The van der Waals surface area contributed by atoms with Gasteiger partial charge in [0.1, 0.15) is 11.3 Å². The van der Waals surface area contributed by atoms with Crippen LogP contribution in [0.1, 0.15) is 39.2 Å². The Bertz CT molecular complexity index is 1390. The highest BCUT2D eigenvalue weighted by Crippen LogP contribution is 2.27. The first-order valence-electron chi connectivity index (χ1n) is 11.0. The van der Waals surface area contributed by atoms with Gasteiger partial charge in [0.2, 0.25) is 0 Å². The van der Waals surface area contributed by atoms with E-state index in [4.69, 9.17) is 4.52 Å². The van der Waals surface area contributed by atoms with Crippen molar-refractivity contribution in [1.82, 2.24) is 19.6 Å². The summed E-state index contributed by atoms with van der Waals surface area (Å²) in [7, 11) is 1.66. The minimum absolute atomic E-state index is 0.169. The molecule has 33 heavy (non-hydrogen) atoms. The summed E-state index contributed by atoms with van der Waals surface area (Å²) in [5, 5.41) is 4.07. The van der Waals surface area contributed by atoms with Crippen LogP contribution in [0.5, 0.6) is 0 Å². The van der Waals surface area contributed by atoms with Crippen LogP contribution in [-0.2, 0) is 19.4 Å². The third-order valence-electron chi connectivity index (χ3n) is 6.15. The lowest BCUT2D eigenvalue weighted by Crippen LogP contribution is -2.34. The molecule has 166 valence electrons. The number of rotatable bonds is 5. The van der Waals surface area contributed by atoms with Crippen LogP contribution >= 0.6 is 0 Å². The minimum Gasteiger partial charge on any atom is -0.359 e. The van der Waals surface area contributed by atoms with E-state index in [2.05, 4.69) is 16.2 Å². The fraction of sp³-hybridized carbons (Fsp3) is 0.231. The largest absolute Gasteiger partial charge is 0.359 e. The number of hydrogen-bond donors (Lipinski definition) is 0. The van der Waals surface area contributed by atoms with Crippen LogP contribution in [-0.4, -0.2) is 32.6 Å². The molecule has 7 heteroatoms. The molecule has 0 spiro atoms. The first-order valence-corrected chi connectivity index (χ1v) is 11.0. The van der Waals surface area contributed by atoms with Crippen LogP contribution in [0.15, 0.2) is 70.4 Å². The summed E-state index contributed by atoms with van der Waals surface area (Å²) in [6, 6.07) is 13.4. The van der Waals surface area contributed by atoms with Crippen LogP contribution in [0.25, 0.3) is 16.9 Å². The molecule has 1 aliphatic rings. The van der Waals surface area contributed by atoms with E-state index in [-0.39, 0.29) is 23.6 Å². The summed E-state index contributed by atoms with van der Waals surface area (Å²) in [6.45, 7) is 1.98. The first kappa shape index (κ1) is 20.9. The molecule has 0 aliphatic heterocycles. The maximum Gasteiger partial charge on any atom is 0.268 e. The number of amides is 1. The smallest absolute Gasteiger partial charge is 0.268 e. The molecule has 0 unspecified atom stereocenters. The number of pyridine rings is 2. The van der Waals surface area contributed by atoms with E-state index in [0.717, 1.165) is 30.5 Å². The normalized spacial score (nSPS) is 12.5. The molecular weight excluding hydrogens is 416 g/mol. The highest BCUT2D eigenvalue weighted by Gasteiger charge is 2.23. The summed E-state index contributed by atoms with van der Waals surface area (Å²) in [5.74, 6) is 0.179. The van der Waals surface area contributed by atoms with E-state index >= 15 is 0 Å². The molecule has 3 heterocycles. The van der Waals surface area contributed by atoms with Gasteiger partial charge in [-0.05, 0) is 67.1 Å². The minimum atomic E-state index is -0.348. The molecule has 0 N–H and O–H groups in total. The van der Waals surface area contributed by atoms with Gasteiger partial charge in [-0.25, -0.2) is 0 Å². The van der Waals surface area contributed by atoms with Crippen molar-refractivity contribution in [1.29, 1.82) is 0 Å². The molecule has 0 bridgehead atoms. The third kappa shape index (κ3) is 3.86. The quantitative estimate of drug-likeness (QED) is 0.469. The van der Waals surface area contributed by atoms with Gasteiger partial charge in [-0.1, -0.05) is 17.3 Å². The topological polar surface area (TPSA) is 81.2 Å². The molecule has 0 fully saturated rings. The molecule has 1 aliphatic carbocycles. The zero-order valence-electron chi connectivity index (χ0n) is 18.6. The van der Waals surface area contributed by atoms with Crippen molar-refractivity contribution in [2.75, 3.05) is 7.05 Å². The number of carbonyl (C=O) groups is 1. The Kier molecular flexibility index (Phi) is 5.38. The molecule has 0 radical (unpaired) electrons. The fourth-order valence-corrected chi connectivity index (χ4v) is 4.44. The van der Waals surface area contributed by atoms with E-state index in [9.17, 15) is 9.59 Å². The summed E-state index contributed by atoms with van der Waals surface area (Å²) in [6.07, 6.45) is 8.21. The zero-order valence-corrected chi connectivity index (χ0v) is 18.6. The summed E-state index contributed by atoms with van der Waals surface area (Å²) < 4.78 is 7.03. The number of hydrogen-bond acceptors (Lipinski definition) is 5. The van der Waals surface area contributed by atoms with Gasteiger partial charge in [-0.2, -0.15) is 0 Å². The van der Waals surface area contributed by atoms with Crippen molar-refractivity contribution >= 4 is 5.91 Å². The predicted octanol–water partition coefficient (Wildman–Crippen LogP) is 3.96. The molecule has 1 amide bonds. The van der Waals surface area contributed by atoms with Crippen molar-refractivity contribution in [3.63, 3.8) is 0 Å². The lowest BCUT2D eigenvalue weighted by atomic mass is 10.1. The summed E-state index contributed by atoms with van der Waals surface area (Å²) in [4.78, 5) is 32.3. The van der Waals surface area contributed by atoms with E-state index in [1.807, 2.05) is 30.3 Å². The molecule has 0 saturated carbocycles. The summed E-state index contributed by atoms with van der Waals surface area (Å²) >= 11 is 0. The second kappa shape index (κ2) is 8.50. The van der Waals surface area contributed by atoms with Crippen molar-refractivity contribution in [2.24, 2.45) is 0 Å². The Morgan fingerprint density at radius 3 is 2.88 bits per heavy atom. The van der Waals surface area contributed by atoms with Gasteiger partial charge in [-0.3, -0.25) is 19.1 Å². The third-order valence-corrected chi connectivity index (χ3v) is 6.15. The first-order chi connectivity index (χ1) is 16.0. The van der Waals surface area contributed by atoms with Crippen LogP contribution < -0.4 is 5.56 Å². The van der Waals surface area contributed by atoms with Gasteiger partial charge < -0.3 is 9.42 Å². The van der Waals surface area contributed by atoms with E-state index in [1.165, 1.54) is 16.0 Å². The number of benzene rings is 1. The van der Waals surface area contributed by atoms with Crippen molar-refractivity contribution < 1.29 is 9.32 Å². The van der Waals surface area contributed by atoms with Gasteiger partial charge in [0, 0.05) is 37.3 Å². The van der Waals surface area contributed by atoms with Crippen molar-refractivity contribution in [2.45, 2.75) is 32.7 Å². The number of aromatic nitrogens is 3. The molecule has 7 nitrogen and oxygen atoms in total. The molecular formula is C26H24N4O3. The lowest BCUT2D eigenvalue weighted by molar-refractivity contribution is 0.0769. The zero-order chi connectivity index (χ0) is 22.9. The van der Waals surface area contributed by atoms with E-state index < -0.39 is 0 Å². The van der Waals surface area contributed by atoms with Crippen LogP contribution in [0.2, 0.25) is 0 Å². The summed E-state index contributed by atoms with van der Waals surface area (Å²) in [5.41, 5.74) is 5.33. The van der Waals surface area contributed by atoms with E-state index in [1.54, 1.807) is 43.2 Å². The molecule has 3 aromatic heterocycles. The Morgan fingerprint density at radius 2 is 2.06 bits per heavy atom. The standard InChI is InChI=1S/C26H24N4O3/c1-17-11-13-30(23-10-4-7-18-6-3-9-21(18)23)26(32)24(17)25(31)29(2)16-20-14-22(28-33-20)19-8-5-12-27-15-19/h4-5,7-8,10-15H,3,6,9,16H2,1-2H3. The second-order valence-electron chi connectivity index (χ2n) is 8.40. The highest BCUT2D eigenvalue weighted by atomic mass is 16.5. The van der Waals surface area contributed by atoms with Gasteiger partial charge in [0.15, 0.2) is 5.76 Å². The van der Waals surface area contributed by atoms with Crippen molar-refractivity contribution in [3.8, 4) is 16.9 Å². The van der Waals surface area contributed by atoms with Gasteiger partial charge >= 0.3 is 0 Å². The molecule has 4 aromatic rings. The highest BCUT2D eigenvalue weighted by molar-refractivity contribution is 5.95. The van der Waals surface area contributed by atoms with Crippen LogP contribution in [0.4, 0.5) is 0 Å². The van der Waals surface area contributed by atoms with Gasteiger partial charge in [-0.15, -0.1) is 0 Å². The monoisotopic (exact) mass is 440 g/mol. The fourth-order valence-electron chi connectivity index (χ4n) is 4.44. The Labute approximate surface area is 191 Å². The number of fused-ring (bicyclic) bond motifs is 1. The van der Waals surface area contributed by atoms with E-state index in [0.29, 0.717) is 17.0 Å². The molecule has 5 rings (SSSR count). The van der Waals surface area contributed by atoms with Crippen molar-refractivity contribution in [3.05, 3.63) is 99.4 Å². The number of aryl methyl sites for hydroxylation is 2. The Hall–Kier alpha value is -4.00. The lowest BCUT2D eigenvalue weighted by Gasteiger charge is -2.18. The SMILES string of the molecule is Cc1ccn(-c2cccc3c2CCC3)c(=O)c1C(=O)N(C)Cc1cc(-c2cccnc2)no1. The predicted molar refractivity (Wildman–Crippen MR) is 124 cm³/mol. The Morgan fingerprint density at radius 1 is 1.18 bits per heavy atom. The molecule has 1 aromatic carbocycles. The maximum atomic E-state index is 13.5. The number of carbonyl (C=O) groups excluding carboxylic acids is 1. The average Bonchev–Trinajstić information content (AvgIpc) is 3.49. The molecule has 0 atom stereocenters. The van der Waals surface area contributed by atoms with Gasteiger partial charge in [0.25, 0.3) is 11.5 Å².